The first-order valence-electron chi connectivity index (χ1n) is 9.33. The fourth-order valence-electron chi connectivity index (χ4n) is 2.84. The van der Waals surface area contributed by atoms with Gasteiger partial charge in [0.15, 0.2) is 0 Å². The van der Waals surface area contributed by atoms with E-state index in [1.54, 1.807) is 12.5 Å². The molecular formula is C18H25F3N4O4. The molecule has 2 aromatic rings. The van der Waals surface area contributed by atoms with Gasteiger partial charge in [0.1, 0.15) is 5.69 Å². The number of fused-ring (bicyclic) bond motifs is 1. The van der Waals surface area contributed by atoms with Crippen LogP contribution in [0.1, 0.15) is 32.4 Å². The predicted octanol–water partition coefficient (Wildman–Crippen LogP) is 3.10. The van der Waals surface area contributed by atoms with E-state index in [1.807, 2.05) is 10.7 Å². The van der Waals surface area contributed by atoms with Gasteiger partial charge >= 0.3 is 12.1 Å². The first-order chi connectivity index (χ1) is 13.8. The number of ether oxygens (including phenoxy) is 1. The van der Waals surface area contributed by atoms with E-state index in [4.69, 9.17) is 19.1 Å². The van der Waals surface area contributed by atoms with Gasteiger partial charge in [-0.2, -0.15) is 13.2 Å². The maximum absolute atomic E-state index is 10.6. The number of furan rings is 1. The van der Waals surface area contributed by atoms with E-state index in [1.165, 1.54) is 12.8 Å². The van der Waals surface area contributed by atoms with Crippen molar-refractivity contribution >= 4 is 5.97 Å². The lowest BCUT2D eigenvalue weighted by Gasteiger charge is -2.25. The van der Waals surface area contributed by atoms with Crippen molar-refractivity contribution in [3.8, 4) is 11.3 Å². The number of carboxylic acids is 1. The van der Waals surface area contributed by atoms with Crippen molar-refractivity contribution in [1.82, 2.24) is 20.3 Å². The van der Waals surface area contributed by atoms with Crippen LogP contribution in [0.3, 0.4) is 0 Å². The summed E-state index contributed by atoms with van der Waals surface area (Å²) in [5.74, 6) is -2.01. The number of aromatic nitrogens is 3. The van der Waals surface area contributed by atoms with Crippen molar-refractivity contribution in [2.45, 2.75) is 52.1 Å². The van der Waals surface area contributed by atoms with E-state index in [0.717, 1.165) is 42.5 Å². The fraction of sp³-hybridized carbons (Fsp3) is 0.611. The molecule has 11 heteroatoms. The topological polar surface area (TPSA) is 102 Å². The van der Waals surface area contributed by atoms with Gasteiger partial charge < -0.3 is 19.6 Å². The Morgan fingerprint density at radius 3 is 2.66 bits per heavy atom. The SMILES string of the molecule is CCC(CC)CNCC1Cn2nnc(-c3ccoc3)c2CO1.O=C(O)C(F)(F)F. The number of hydrogen-bond donors (Lipinski definition) is 2. The number of nitrogens with zero attached hydrogens (tertiary/aromatic N) is 3. The minimum Gasteiger partial charge on any atom is -0.475 e. The summed E-state index contributed by atoms with van der Waals surface area (Å²) < 4.78 is 44.8. The van der Waals surface area contributed by atoms with E-state index < -0.39 is 12.1 Å². The third kappa shape index (κ3) is 6.57. The number of halogens is 3. The van der Waals surface area contributed by atoms with Gasteiger partial charge in [0, 0.05) is 12.1 Å². The smallest absolute Gasteiger partial charge is 0.475 e. The number of carboxylic acid groups (broad SMARTS) is 1. The Kier molecular flexibility index (Phi) is 8.21. The molecule has 1 aliphatic heterocycles. The summed E-state index contributed by atoms with van der Waals surface area (Å²) in [6, 6.07) is 1.90. The molecule has 0 spiro atoms. The molecule has 0 saturated carbocycles. The normalized spacial score (nSPS) is 16.3. The highest BCUT2D eigenvalue weighted by atomic mass is 19.4. The van der Waals surface area contributed by atoms with Crippen LogP contribution in [0.25, 0.3) is 11.3 Å². The van der Waals surface area contributed by atoms with Gasteiger partial charge in [-0.25, -0.2) is 9.48 Å². The molecule has 29 heavy (non-hydrogen) atoms. The van der Waals surface area contributed by atoms with Gasteiger partial charge in [-0.1, -0.05) is 31.9 Å². The molecule has 3 heterocycles. The predicted molar refractivity (Wildman–Crippen MR) is 96.9 cm³/mol. The Labute approximate surface area is 166 Å². The van der Waals surface area contributed by atoms with Crippen molar-refractivity contribution < 1.29 is 32.2 Å². The summed E-state index contributed by atoms with van der Waals surface area (Å²) >= 11 is 0. The van der Waals surface area contributed by atoms with Crippen LogP contribution in [-0.4, -0.2) is 51.4 Å². The van der Waals surface area contributed by atoms with E-state index in [0.29, 0.717) is 6.61 Å². The van der Waals surface area contributed by atoms with Gasteiger partial charge in [-0.05, 0) is 18.5 Å². The molecule has 0 bridgehead atoms. The molecule has 0 fully saturated rings. The van der Waals surface area contributed by atoms with Crippen molar-refractivity contribution in [2.24, 2.45) is 5.92 Å². The lowest BCUT2D eigenvalue weighted by Crippen LogP contribution is -2.38. The number of alkyl halides is 3. The Bertz CT molecular complexity index is 758. The maximum atomic E-state index is 10.6. The molecule has 2 N–H and O–H groups in total. The van der Waals surface area contributed by atoms with Crippen LogP contribution >= 0.6 is 0 Å². The van der Waals surface area contributed by atoms with Gasteiger partial charge in [0.25, 0.3) is 0 Å². The maximum Gasteiger partial charge on any atom is 0.490 e. The van der Waals surface area contributed by atoms with Gasteiger partial charge in [-0.3, -0.25) is 0 Å². The minimum atomic E-state index is -5.08. The highest BCUT2D eigenvalue weighted by Crippen LogP contribution is 2.25. The molecule has 0 aromatic carbocycles. The lowest BCUT2D eigenvalue weighted by atomic mass is 10.0. The monoisotopic (exact) mass is 418 g/mol. The molecule has 3 rings (SSSR count). The second-order valence-corrected chi connectivity index (χ2v) is 6.66. The average molecular weight is 418 g/mol. The van der Waals surface area contributed by atoms with Crippen molar-refractivity contribution in [2.75, 3.05) is 13.1 Å². The molecule has 0 saturated heterocycles. The number of carbonyl (C=O) groups is 1. The number of rotatable bonds is 7. The van der Waals surface area contributed by atoms with E-state index in [2.05, 4.69) is 29.5 Å². The summed E-state index contributed by atoms with van der Waals surface area (Å²) in [6.45, 7) is 7.69. The van der Waals surface area contributed by atoms with Crippen molar-refractivity contribution in [3.63, 3.8) is 0 Å². The van der Waals surface area contributed by atoms with Gasteiger partial charge in [-0.15, -0.1) is 5.10 Å². The highest BCUT2D eigenvalue weighted by molar-refractivity contribution is 5.73. The van der Waals surface area contributed by atoms with E-state index in [-0.39, 0.29) is 6.10 Å². The standard InChI is InChI=1S/C16H24N4O2.C2HF3O2/c1-3-12(4-2)7-17-8-14-9-20-15(11-22-14)16(18-19-20)13-5-6-21-10-13;3-2(4,5)1(6)7/h5-6,10,12,14,17H,3-4,7-9,11H2,1-2H3;(H,6,7). The van der Waals surface area contributed by atoms with Crippen LogP contribution in [0.15, 0.2) is 23.0 Å². The Morgan fingerprint density at radius 1 is 1.41 bits per heavy atom. The molecule has 0 aliphatic carbocycles. The minimum absolute atomic E-state index is 0.153. The number of hydrogen-bond acceptors (Lipinski definition) is 6. The summed E-state index contributed by atoms with van der Waals surface area (Å²) in [6.07, 6.45) is 0.844. The first-order valence-corrected chi connectivity index (χ1v) is 9.33. The van der Waals surface area contributed by atoms with Crippen LogP contribution in [0, 0.1) is 5.92 Å². The zero-order valence-electron chi connectivity index (χ0n) is 16.3. The summed E-state index contributed by atoms with van der Waals surface area (Å²) in [7, 11) is 0. The Morgan fingerprint density at radius 2 is 2.10 bits per heavy atom. The number of aliphatic carboxylic acids is 1. The molecular weight excluding hydrogens is 393 g/mol. The van der Waals surface area contributed by atoms with E-state index in [9.17, 15) is 13.2 Å². The first kappa shape index (κ1) is 22.9. The lowest BCUT2D eigenvalue weighted by molar-refractivity contribution is -0.192. The molecule has 2 aromatic heterocycles. The van der Waals surface area contributed by atoms with Gasteiger partial charge in [0.2, 0.25) is 0 Å². The molecule has 1 atom stereocenters. The average Bonchev–Trinajstić information content (AvgIpc) is 3.34. The Balaban J connectivity index is 0.000000370. The van der Waals surface area contributed by atoms with Crippen molar-refractivity contribution in [3.05, 3.63) is 24.3 Å². The van der Waals surface area contributed by atoms with Crippen molar-refractivity contribution in [1.29, 1.82) is 0 Å². The number of nitrogens with one attached hydrogen (secondary N) is 1. The summed E-state index contributed by atoms with van der Waals surface area (Å²) in [5.41, 5.74) is 2.84. The molecule has 8 nitrogen and oxygen atoms in total. The molecule has 0 radical (unpaired) electrons. The van der Waals surface area contributed by atoms with Crippen LogP contribution < -0.4 is 5.32 Å². The second kappa shape index (κ2) is 10.4. The van der Waals surface area contributed by atoms with Crippen LogP contribution in [-0.2, 0) is 22.7 Å². The molecule has 162 valence electrons. The van der Waals surface area contributed by atoms with Crippen LogP contribution in [0.2, 0.25) is 0 Å². The van der Waals surface area contributed by atoms with E-state index >= 15 is 0 Å². The quantitative estimate of drug-likeness (QED) is 0.712. The third-order valence-electron chi connectivity index (χ3n) is 4.67. The molecule has 0 amide bonds. The van der Waals surface area contributed by atoms with Crippen LogP contribution in [0.5, 0.6) is 0 Å². The second-order valence-electron chi connectivity index (χ2n) is 6.66. The third-order valence-corrected chi connectivity index (χ3v) is 4.67. The zero-order chi connectivity index (χ0) is 21.4. The largest absolute Gasteiger partial charge is 0.490 e. The molecule has 1 aliphatic rings. The molecule has 1 unspecified atom stereocenters. The summed E-state index contributed by atoms with van der Waals surface area (Å²) in [5, 5.41) is 19.2. The van der Waals surface area contributed by atoms with Gasteiger partial charge in [0.05, 0.1) is 37.5 Å². The summed E-state index contributed by atoms with van der Waals surface area (Å²) in [4.78, 5) is 8.90. The highest BCUT2D eigenvalue weighted by Gasteiger charge is 2.38. The fourth-order valence-corrected chi connectivity index (χ4v) is 2.84. The van der Waals surface area contributed by atoms with Crippen LogP contribution in [0.4, 0.5) is 13.2 Å². The Hall–Kier alpha value is -2.40. The zero-order valence-corrected chi connectivity index (χ0v) is 16.3.